The highest BCUT2D eigenvalue weighted by molar-refractivity contribution is 7.11. The van der Waals surface area contributed by atoms with Crippen molar-refractivity contribution in [1.29, 1.82) is 0 Å². The smallest absolute Gasteiger partial charge is 0.0952 e. The molecule has 0 aliphatic carbocycles. The molecule has 0 fully saturated rings. The lowest BCUT2D eigenvalue weighted by atomic mass is 10.0. The first-order chi connectivity index (χ1) is 8.08. The van der Waals surface area contributed by atoms with Crippen LogP contribution >= 0.6 is 11.3 Å². The zero-order chi connectivity index (χ0) is 12.4. The van der Waals surface area contributed by atoms with Crippen LogP contribution in [-0.4, -0.2) is 9.55 Å². The molecule has 4 heteroatoms. The van der Waals surface area contributed by atoms with Crippen molar-refractivity contribution < 1.29 is 0 Å². The second-order valence-electron chi connectivity index (χ2n) is 4.73. The van der Waals surface area contributed by atoms with Gasteiger partial charge < -0.3 is 10.3 Å². The first-order valence-corrected chi connectivity index (χ1v) is 6.70. The lowest BCUT2D eigenvalue weighted by Gasteiger charge is -2.17. The number of hydrogen-bond donors (Lipinski definition) is 1. The number of aromatic nitrogens is 2. The van der Waals surface area contributed by atoms with Crippen molar-refractivity contribution >= 4 is 11.3 Å². The average Bonchev–Trinajstić information content (AvgIpc) is 2.87. The molecule has 0 bridgehead atoms. The topological polar surface area (TPSA) is 43.8 Å². The summed E-state index contributed by atoms with van der Waals surface area (Å²) in [4.78, 5) is 6.90. The van der Waals surface area contributed by atoms with Crippen LogP contribution in [0.15, 0.2) is 24.7 Å². The van der Waals surface area contributed by atoms with Crippen LogP contribution in [0.2, 0.25) is 0 Å². The van der Waals surface area contributed by atoms with Gasteiger partial charge in [0.05, 0.1) is 18.6 Å². The normalized spacial score (nSPS) is 13.2. The minimum absolute atomic E-state index is 0.0542. The van der Waals surface area contributed by atoms with Gasteiger partial charge in [-0.2, -0.15) is 0 Å². The third kappa shape index (κ3) is 2.76. The largest absolute Gasteiger partial charge is 0.328 e. The van der Waals surface area contributed by atoms with Crippen LogP contribution in [0.25, 0.3) is 0 Å². The van der Waals surface area contributed by atoms with Gasteiger partial charge in [-0.1, -0.05) is 13.8 Å². The number of hydrogen-bond acceptors (Lipinski definition) is 3. The molecule has 2 N–H and O–H groups in total. The number of imidazole rings is 1. The number of thiophene rings is 1. The Kier molecular flexibility index (Phi) is 3.64. The maximum absolute atomic E-state index is 6.18. The van der Waals surface area contributed by atoms with Gasteiger partial charge in [-0.15, -0.1) is 11.3 Å². The molecule has 1 atom stereocenters. The van der Waals surface area contributed by atoms with Gasteiger partial charge in [-0.3, -0.25) is 0 Å². The van der Waals surface area contributed by atoms with Crippen LogP contribution in [0.3, 0.4) is 0 Å². The van der Waals surface area contributed by atoms with Crippen LogP contribution in [0.4, 0.5) is 0 Å². The van der Waals surface area contributed by atoms with Crippen molar-refractivity contribution in [3.05, 3.63) is 40.1 Å². The van der Waals surface area contributed by atoms with Crippen LogP contribution in [0.1, 0.15) is 35.3 Å². The Bertz CT molecular complexity index is 484. The number of nitrogens with two attached hydrogens (primary N) is 1. The van der Waals surface area contributed by atoms with Gasteiger partial charge in [-0.25, -0.2) is 4.98 Å². The molecule has 1 unspecified atom stereocenters. The van der Waals surface area contributed by atoms with Crippen molar-refractivity contribution in [2.24, 2.45) is 11.7 Å². The zero-order valence-corrected chi connectivity index (χ0v) is 11.4. The molecular formula is C13H19N3S. The van der Waals surface area contributed by atoms with E-state index in [1.54, 1.807) is 0 Å². The third-order valence-electron chi connectivity index (χ3n) is 2.93. The Morgan fingerprint density at radius 3 is 2.76 bits per heavy atom. The summed E-state index contributed by atoms with van der Waals surface area (Å²) in [6, 6.07) is 4.38. The molecule has 2 aromatic heterocycles. The van der Waals surface area contributed by atoms with Gasteiger partial charge in [0, 0.05) is 22.0 Å². The molecule has 92 valence electrons. The average molecular weight is 249 g/mol. The Morgan fingerprint density at radius 1 is 1.41 bits per heavy atom. The molecule has 0 saturated heterocycles. The van der Waals surface area contributed by atoms with E-state index in [9.17, 15) is 0 Å². The Labute approximate surface area is 106 Å². The molecule has 0 amide bonds. The van der Waals surface area contributed by atoms with Gasteiger partial charge in [0.25, 0.3) is 0 Å². The monoisotopic (exact) mass is 249 g/mol. The van der Waals surface area contributed by atoms with Crippen molar-refractivity contribution in [1.82, 2.24) is 9.55 Å². The summed E-state index contributed by atoms with van der Waals surface area (Å²) in [5, 5.41) is 0. The van der Waals surface area contributed by atoms with Crippen LogP contribution in [0.5, 0.6) is 0 Å². The highest BCUT2D eigenvalue weighted by Gasteiger charge is 2.15. The van der Waals surface area contributed by atoms with E-state index < -0.39 is 0 Å². The SMILES string of the molecule is Cc1ccc(Cn2cncc2C(N)C(C)C)s1. The van der Waals surface area contributed by atoms with Crippen molar-refractivity contribution in [3.8, 4) is 0 Å². The fourth-order valence-corrected chi connectivity index (χ4v) is 2.71. The summed E-state index contributed by atoms with van der Waals surface area (Å²) in [5.41, 5.74) is 7.30. The lowest BCUT2D eigenvalue weighted by Crippen LogP contribution is -2.20. The van der Waals surface area contributed by atoms with E-state index in [-0.39, 0.29) is 6.04 Å². The third-order valence-corrected chi connectivity index (χ3v) is 3.91. The standard InChI is InChI=1S/C13H19N3S/c1-9(2)13(14)12-6-15-8-16(12)7-11-5-4-10(3)17-11/h4-6,8-9,13H,7,14H2,1-3H3. The van der Waals surface area contributed by atoms with Crippen molar-refractivity contribution in [2.75, 3.05) is 0 Å². The fraction of sp³-hybridized carbons (Fsp3) is 0.462. The first kappa shape index (κ1) is 12.3. The molecule has 0 aliphatic heterocycles. The molecule has 0 radical (unpaired) electrons. The maximum Gasteiger partial charge on any atom is 0.0952 e. The summed E-state index contributed by atoms with van der Waals surface area (Å²) in [7, 11) is 0. The second kappa shape index (κ2) is 5.02. The summed E-state index contributed by atoms with van der Waals surface area (Å²) < 4.78 is 2.15. The van der Waals surface area contributed by atoms with Gasteiger partial charge in [0.1, 0.15) is 0 Å². The maximum atomic E-state index is 6.18. The Morgan fingerprint density at radius 2 is 2.18 bits per heavy atom. The first-order valence-electron chi connectivity index (χ1n) is 5.89. The molecule has 3 nitrogen and oxygen atoms in total. The second-order valence-corrected chi connectivity index (χ2v) is 6.10. The van der Waals surface area contributed by atoms with E-state index in [4.69, 9.17) is 5.73 Å². The molecule has 0 spiro atoms. The molecule has 0 aliphatic rings. The van der Waals surface area contributed by atoms with E-state index in [0.717, 1.165) is 12.2 Å². The highest BCUT2D eigenvalue weighted by Crippen LogP contribution is 2.21. The van der Waals surface area contributed by atoms with Gasteiger partial charge in [0.15, 0.2) is 0 Å². The zero-order valence-electron chi connectivity index (χ0n) is 10.6. The molecule has 2 rings (SSSR count). The number of aryl methyl sites for hydroxylation is 1. The van der Waals surface area contributed by atoms with Gasteiger partial charge in [-0.05, 0) is 25.0 Å². The van der Waals surface area contributed by atoms with E-state index in [2.05, 4.69) is 42.5 Å². The summed E-state index contributed by atoms with van der Waals surface area (Å²) >= 11 is 1.83. The number of nitrogens with zero attached hydrogens (tertiary/aromatic N) is 2. The lowest BCUT2D eigenvalue weighted by molar-refractivity contribution is 0.485. The molecule has 17 heavy (non-hydrogen) atoms. The highest BCUT2D eigenvalue weighted by atomic mass is 32.1. The summed E-state index contributed by atoms with van der Waals surface area (Å²) in [6.07, 6.45) is 3.75. The van der Waals surface area contributed by atoms with Crippen LogP contribution in [0, 0.1) is 12.8 Å². The van der Waals surface area contributed by atoms with E-state index in [1.165, 1.54) is 9.75 Å². The Balaban J connectivity index is 2.19. The van der Waals surface area contributed by atoms with Gasteiger partial charge >= 0.3 is 0 Å². The molecular weight excluding hydrogens is 230 g/mol. The minimum atomic E-state index is 0.0542. The molecule has 0 saturated carbocycles. The Hall–Kier alpha value is -1.13. The number of rotatable bonds is 4. The minimum Gasteiger partial charge on any atom is -0.328 e. The summed E-state index contributed by atoms with van der Waals surface area (Å²) in [5.74, 6) is 0.426. The van der Waals surface area contributed by atoms with Crippen LogP contribution in [-0.2, 0) is 6.54 Å². The quantitative estimate of drug-likeness (QED) is 0.905. The molecule has 2 heterocycles. The van der Waals surface area contributed by atoms with Crippen molar-refractivity contribution in [3.63, 3.8) is 0 Å². The van der Waals surface area contributed by atoms with Crippen molar-refractivity contribution in [2.45, 2.75) is 33.4 Å². The van der Waals surface area contributed by atoms with E-state index >= 15 is 0 Å². The summed E-state index contributed by atoms with van der Waals surface area (Å²) in [6.45, 7) is 7.27. The van der Waals surface area contributed by atoms with E-state index in [0.29, 0.717) is 5.92 Å². The van der Waals surface area contributed by atoms with Gasteiger partial charge in [0.2, 0.25) is 0 Å². The van der Waals surface area contributed by atoms with Crippen LogP contribution < -0.4 is 5.73 Å². The predicted molar refractivity (Wildman–Crippen MR) is 72.2 cm³/mol. The molecule has 2 aromatic rings. The molecule has 0 aromatic carbocycles. The predicted octanol–water partition coefficient (Wildman–Crippen LogP) is 2.96. The fourth-order valence-electron chi connectivity index (χ4n) is 1.82. The van der Waals surface area contributed by atoms with E-state index in [1.807, 2.05) is 23.9 Å².